The highest BCUT2D eigenvalue weighted by Crippen LogP contribution is 2.32. The van der Waals surface area contributed by atoms with Crippen molar-refractivity contribution in [2.75, 3.05) is 30.9 Å². The van der Waals surface area contributed by atoms with Gasteiger partial charge in [-0.3, -0.25) is 0 Å². The lowest BCUT2D eigenvalue weighted by Crippen LogP contribution is -2.27. The Balaban J connectivity index is 1.89. The number of thiophene rings is 1. The summed E-state index contributed by atoms with van der Waals surface area (Å²) in [5.74, 6) is 2.60. The molecule has 0 aliphatic heterocycles. The van der Waals surface area contributed by atoms with Crippen molar-refractivity contribution < 1.29 is 0 Å². The number of hydrogen-bond donors (Lipinski definition) is 1. The minimum atomic E-state index is 0.717. The number of rotatable bonds is 4. The van der Waals surface area contributed by atoms with Gasteiger partial charge in [-0.05, 0) is 31.7 Å². The first kappa shape index (κ1) is 14.6. The minimum Gasteiger partial charge on any atom is -0.359 e. The number of nitrogens with one attached hydrogen (secondary N) is 1. The molecule has 0 amide bonds. The van der Waals surface area contributed by atoms with E-state index in [0.717, 1.165) is 29.1 Å². The molecule has 21 heavy (non-hydrogen) atoms. The van der Waals surface area contributed by atoms with Crippen LogP contribution in [-0.4, -0.2) is 30.6 Å². The first-order valence-electron chi connectivity index (χ1n) is 7.84. The Morgan fingerprint density at radius 1 is 1.29 bits per heavy atom. The molecule has 0 saturated heterocycles. The summed E-state index contributed by atoms with van der Waals surface area (Å²) < 4.78 is 0. The van der Waals surface area contributed by atoms with E-state index < -0.39 is 0 Å². The Morgan fingerprint density at radius 2 is 2.05 bits per heavy atom. The molecule has 5 heteroatoms. The van der Waals surface area contributed by atoms with E-state index >= 15 is 0 Å². The third-order valence-electron chi connectivity index (χ3n) is 4.34. The van der Waals surface area contributed by atoms with Gasteiger partial charge >= 0.3 is 0 Å². The van der Waals surface area contributed by atoms with Gasteiger partial charge in [0.05, 0.1) is 5.39 Å². The fourth-order valence-electron chi connectivity index (χ4n) is 3.27. The van der Waals surface area contributed by atoms with Crippen molar-refractivity contribution in [3.8, 4) is 0 Å². The standard InChI is InChI=1S/C16H24N4S/c1-11-9-13-14(18-16(17-2)19-15(13)21-11)20(3)10-12-7-5-4-6-8-12/h9,12H,4-8,10H2,1-3H3,(H,17,18,19). The molecule has 0 unspecified atom stereocenters. The lowest BCUT2D eigenvalue weighted by Gasteiger charge is -2.28. The highest BCUT2D eigenvalue weighted by molar-refractivity contribution is 7.18. The van der Waals surface area contributed by atoms with Gasteiger partial charge < -0.3 is 10.2 Å². The zero-order valence-electron chi connectivity index (χ0n) is 13.1. The fourth-order valence-corrected chi connectivity index (χ4v) is 4.15. The molecule has 2 heterocycles. The van der Waals surface area contributed by atoms with Crippen LogP contribution in [0.15, 0.2) is 6.07 Å². The molecule has 1 aliphatic carbocycles. The third-order valence-corrected chi connectivity index (χ3v) is 5.28. The first-order valence-corrected chi connectivity index (χ1v) is 8.66. The highest BCUT2D eigenvalue weighted by atomic mass is 32.1. The van der Waals surface area contributed by atoms with Gasteiger partial charge in [0.2, 0.25) is 5.95 Å². The quantitative estimate of drug-likeness (QED) is 0.925. The Morgan fingerprint density at radius 3 is 2.76 bits per heavy atom. The summed E-state index contributed by atoms with van der Waals surface area (Å²) in [6.07, 6.45) is 6.90. The Kier molecular flexibility index (Phi) is 4.29. The van der Waals surface area contributed by atoms with Gasteiger partial charge in [-0.25, -0.2) is 4.98 Å². The van der Waals surface area contributed by atoms with Crippen LogP contribution in [0.1, 0.15) is 37.0 Å². The average molecular weight is 304 g/mol. The molecular formula is C16H24N4S. The second-order valence-electron chi connectivity index (χ2n) is 6.08. The molecule has 1 aliphatic rings. The Labute approximate surface area is 130 Å². The molecule has 4 nitrogen and oxygen atoms in total. The summed E-state index contributed by atoms with van der Waals surface area (Å²) in [6, 6.07) is 2.21. The zero-order valence-corrected chi connectivity index (χ0v) is 14.0. The van der Waals surface area contributed by atoms with Crippen molar-refractivity contribution in [2.24, 2.45) is 5.92 Å². The molecule has 0 aromatic carbocycles. The van der Waals surface area contributed by atoms with Crippen LogP contribution < -0.4 is 10.2 Å². The third kappa shape index (κ3) is 3.12. The summed E-state index contributed by atoms with van der Waals surface area (Å²) in [5.41, 5.74) is 0. The Bertz CT molecular complexity index is 616. The van der Waals surface area contributed by atoms with Crippen molar-refractivity contribution in [2.45, 2.75) is 39.0 Å². The van der Waals surface area contributed by atoms with E-state index in [1.54, 1.807) is 11.3 Å². The molecular weight excluding hydrogens is 280 g/mol. The number of aromatic nitrogens is 2. The maximum Gasteiger partial charge on any atom is 0.225 e. The van der Waals surface area contributed by atoms with Crippen LogP contribution in [-0.2, 0) is 0 Å². The predicted molar refractivity (Wildman–Crippen MR) is 91.5 cm³/mol. The smallest absolute Gasteiger partial charge is 0.225 e. The van der Waals surface area contributed by atoms with Crippen molar-refractivity contribution in [1.82, 2.24) is 9.97 Å². The highest BCUT2D eigenvalue weighted by Gasteiger charge is 2.19. The molecule has 0 spiro atoms. The molecule has 114 valence electrons. The maximum atomic E-state index is 4.71. The van der Waals surface area contributed by atoms with Crippen LogP contribution in [0.5, 0.6) is 0 Å². The van der Waals surface area contributed by atoms with Crippen LogP contribution in [0, 0.1) is 12.8 Å². The number of aryl methyl sites for hydroxylation is 1. The lowest BCUT2D eigenvalue weighted by molar-refractivity contribution is 0.362. The van der Waals surface area contributed by atoms with Crippen LogP contribution >= 0.6 is 11.3 Å². The van der Waals surface area contributed by atoms with E-state index in [9.17, 15) is 0 Å². The van der Waals surface area contributed by atoms with E-state index in [1.807, 2.05) is 7.05 Å². The topological polar surface area (TPSA) is 41.1 Å². The summed E-state index contributed by atoms with van der Waals surface area (Å²) in [6.45, 7) is 3.24. The molecule has 1 fully saturated rings. The number of nitrogens with zero attached hydrogens (tertiary/aromatic N) is 3. The van der Waals surface area contributed by atoms with Crippen molar-refractivity contribution in [3.63, 3.8) is 0 Å². The van der Waals surface area contributed by atoms with Gasteiger partial charge in [0.1, 0.15) is 10.6 Å². The van der Waals surface area contributed by atoms with E-state index in [1.165, 1.54) is 42.4 Å². The minimum absolute atomic E-state index is 0.717. The maximum absolute atomic E-state index is 4.71. The molecule has 1 N–H and O–H groups in total. The SMILES string of the molecule is CNc1nc(N(C)CC2CCCCC2)c2cc(C)sc2n1. The molecule has 0 radical (unpaired) electrons. The lowest BCUT2D eigenvalue weighted by atomic mass is 9.89. The van der Waals surface area contributed by atoms with Gasteiger partial charge in [-0.2, -0.15) is 4.98 Å². The molecule has 2 aromatic heterocycles. The summed E-state index contributed by atoms with van der Waals surface area (Å²) >= 11 is 1.74. The largest absolute Gasteiger partial charge is 0.359 e. The van der Waals surface area contributed by atoms with Crippen LogP contribution in [0.2, 0.25) is 0 Å². The first-order chi connectivity index (χ1) is 10.2. The van der Waals surface area contributed by atoms with Gasteiger partial charge in [0.15, 0.2) is 0 Å². The number of hydrogen-bond acceptors (Lipinski definition) is 5. The Hall–Kier alpha value is -1.36. The van der Waals surface area contributed by atoms with E-state index in [4.69, 9.17) is 4.98 Å². The van der Waals surface area contributed by atoms with Gasteiger partial charge in [-0.15, -0.1) is 11.3 Å². The van der Waals surface area contributed by atoms with Crippen molar-refractivity contribution >= 4 is 33.3 Å². The molecule has 3 rings (SSSR count). The average Bonchev–Trinajstić information content (AvgIpc) is 2.87. The van der Waals surface area contributed by atoms with E-state index in [0.29, 0.717) is 0 Å². The summed E-state index contributed by atoms with van der Waals surface area (Å²) in [5, 5.41) is 4.27. The van der Waals surface area contributed by atoms with Crippen LogP contribution in [0.25, 0.3) is 10.2 Å². The van der Waals surface area contributed by atoms with Crippen LogP contribution in [0.3, 0.4) is 0 Å². The van der Waals surface area contributed by atoms with Crippen molar-refractivity contribution in [3.05, 3.63) is 10.9 Å². The van der Waals surface area contributed by atoms with Gasteiger partial charge in [-0.1, -0.05) is 19.3 Å². The fraction of sp³-hybridized carbons (Fsp3) is 0.625. The van der Waals surface area contributed by atoms with E-state index in [2.05, 4.69) is 35.2 Å². The normalized spacial score (nSPS) is 16.3. The molecule has 1 saturated carbocycles. The second kappa shape index (κ2) is 6.18. The molecule has 0 bridgehead atoms. The molecule has 0 atom stereocenters. The van der Waals surface area contributed by atoms with Gasteiger partial charge in [0, 0.05) is 25.5 Å². The summed E-state index contributed by atoms with van der Waals surface area (Å²) in [7, 11) is 4.05. The summed E-state index contributed by atoms with van der Waals surface area (Å²) in [4.78, 5) is 14.0. The molecule has 2 aromatic rings. The van der Waals surface area contributed by atoms with Crippen molar-refractivity contribution in [1.29, 1.82) is 0 Å². The van der Waals surface area contributed by atoms with Gasteiger partial charge in [0.25, 0.3) is 0 Å². The van der Waals surface area contributed by atoms with Crippen LogP contribution in [0.4, 0.5) is 11.8 Å². The second-order valence-corrected chi connectivity index (χ2v) is 7.32. The van der Waals surface area contributed by atoms with E-state index in [-0.39, 0.29) is 0 Å². The predicted octanol–water partition coefficient (Wildman–Crippen LogP) is 4.06. The number of fused-ring (bicyclic) bond motifs is 1. The number of anilines is 2. The zero-order chi connectivity index (χ0) is 14.8. The monoisotopic (exact) mass is 304 g/mol.